The van der Waals surface area contributed by atoms with Crippen molar-refractivity contribution in [2.24, 2.45) is 0 Å². The van der Waals surface area contributed by atoms with Crippen molar-refractivity contribution in [1.29, 1.82) is 0 Å². The molecule has 0 aliphatic rings. The molecule has 182 valence electrons. The van der Waals surface area contributed by atoms with Gasteiger partial charge in [-0.05, 0) is 48.4 Å². The van der Waals surface area contributed by atoms with Crippen LogP contribution in [0, 0.1) is 6.92 Å². The third-order valence-electron chi connectivity index (χ3n) is 6.03. The molecule has 0 aliphatic carbocycles. The molecule has 3 aromatic heterocycles. The minimum atomic E-state index is -0.166. The first-order chi connectivity index (χ1) is 17.6. The number of fused-ring (bicyclic) bond motifs is 1. The highest BCUT2D eigenvalue weighted by atomic mass is 32.2. The van der Waals surface area contributed by atoms with Gasteiger partial charge in [0.1, 0.15) is 16.5 Å². The van der Waals surface area contributed by atoms with Crippen molar-refractivity contribution < 1.29 is 14.1 Å². The van der Waals surface area contributed by atoms with Crippen LogP contribution < -0.4 is 10.1 Å². The van der Waals surface area contributed by atoms with Gasteiger partial charge >= 0.3 is 0 Å². The van der Waals surface area contributed by atoms with E-state index in [1.54, 1.807) is 25.4 Å². The van der Waals surface area contributed by atoms with Crippen LogP contribution in [0.5, 0.6) is 5.75 Å². The molecule has 0 saturated heterocycles. The van der Waals surface area contributed by atoms with Crippen molar-refractivity contribution in [2.75, 3.05) is 13.7 Å². The van der Waals surface area contributed by atoms with Crippen LogP contribution in [0.15, 0.2) is 88.7 Å². The molecule has 1 amide bonds. The van der Waals surface area contributed by atoms with Gasteiger partial charge in [-0.3, -0.25) is 4.79 Å². The number of hydrogen-bond acceptors (Lipinski definition) is 6. The average Bonchev–Trinajstić information content (AvgIpc) is 3.54. The van der Waals surface area contributed by atoms with Crippen molar-refractivity contribution in [3.63, 3.8) is 0 Å². The molecule has 0 fully saturated rings. The van der Waals surface area contributed by atoms with Crippen LogP contribution in [0.3, 0.4) is 0 Å². The van der Waals surface area contributed by atoms with Gasteiger partial charge in [0.25, 0.3) is 5.91 Å². The fourth-order valence-corrected chi connectivity index (χ4v) is 5.10. The first-order valence-corrected chi connectivity index (χ1v) is 12.6. The summed E-state index contributed by atoms with van der Waals surface area (Å²) in [5.74, 6) is 1.90. The number of methoxy groups -OCH3 is 1. The van der Waals surface area contributed by atoms with Crippen molar-refractivity contribution in [2.45, 2.75) is 23.6 Å². The van der Waals surface area contributed by atoms with Crippen molar-refractivity contribution >= 4 is 28.6 Å². The summed E-state index contributed by atoms with van der Waals surface area (Å²) in [5, 5.41) is 8.97. The SMILES string of the molecule is COc1ccc(C(CNC(=O)c2cccnc2SCc2cc(C)on2)c2c[nH]c3ccccc23)cc1. The average molecular weight is 499 g/mol. The van der Waals surface area contributed by atoms with E-state index in [1.807, 2.05) is 55.6 Å². The maximum Gasteiger partial charge on any atom is 0.254 e. The largest absolute Gasteiger partial charge is 0.497 e. The predicted molar refractivity (Wildman–Crippen MR) is 141 cm³/mol. The molecule has 2 aromatic carbocycles. The van der Waals surface area contributed by atoms with Crippen molar-refractivity contribution in [3.05, 3.63) is 107 Å². The lowest BCUT2D eigenvalue weighted by atomic mass is 9.90. The normalized spacial score (nSPS) is 11.9. The maximum atomic E-state index is 13.3. The molecule has 0 aliphatic heterocycles. The van der Waals surface area contributed by atoms with E-state index in [-0.39, 0.29) is 11.8 Å². The van der Waals surface area contributed by atoms with Crippen LogP contribution in [-0.2, 0) is 5.75 Å². The van der Waals surface area contributed by atoms with Crippen LogP contribution >= 0.6 is 11.8 Å². The molecule has 0 spiro atoms. The van der Waals surface area contributed by atoms with E-state index in [0.717, 1.165) is 39.2 Å². The van der Waals surface area contributed by atoms with Gasteiger partial charge in [0, 0.05) is 47.6 Å². The molecule has 36 heavy (non-hydrogen) atoms. The molecule has 0 bridgehead atoms. The minimum Gasteiger partial charge on any atom is -0.497 e. The second kappa shape index (κ2) is 10.7. The maximum absolute atomic E-state index is 13.3. The number of carbonyl (C=O) groups excluding carboxylic acids is 1. The second-order valence-corrected chi connectivity index (χ2v) is 9.36. The Morgan fingerprint density at radius 3 is 2.75 bits per heavy atom. The Bertz CT molecular complexity index is 1480. The third kappa shape index (κ3) is 5.13. The summed E-state index contributed by atoms with van der Waals surface area (Å²) >= 11 is 1.46. The molecule has 1 atom stereocenters. The molecule has 8 heteroatoms. The summed E-state index contributed by atoms with van der Waals surface area (Å²) in [7, 11) is 1.65. The summed E-state index contributed by atoms with van der Waals surface area (Å²) in [6.07, 6.45) is 3.72. The van der Waals surface area contributed by atoms with Crippen LogP contribution in [0.4, 0.5) is 0 Å². The Balaban J connectivity index is 1.38. The number of benzene rings is 2. The Morgan fingerprint density at radius 2 is 1.97 bits per heavy atom. The number of nitrogens with zero attached hydrogens (tertiary/aromatic N) is 2. The van der Waals surface area contributed by atoms with E-state index < -0.39 is 0 Å². The highest BCUT2D eigenvalue weighted by molar-refractivity contribution is 7.98. The van der Waals surface area contributed by atoms with E-state index in [0.29, 0.717) is 22.9 Å². The minimum absolute atomic E-state index is 0.0538. The number of thioether (sulfide) groups is 1. The van der Waals surface area contributed by atoms with Gasteiger partial charge < -0.3 is 19.6 Å². The molecule has 7 nitrogen and oxygen atoms in total. The lowest BCUT2D eigenvalue weighted by Gasteiger charge is -2.19. The quantitative estimate of drug-likeness (QED) is 0.253. The number of rotatable bonds is 9. The Morgan fingerprint density at radius 1 is 1.14 bits per heavy atom. The van der Waals surface area contributed by atoms with Crippen LogP contribution in [-0.4, -0.2) is 34.7 Å². The van der Waals surface area contributed by atoms with E-state index in [9.17, 15) is 4.79 Å². The van der Waals surface area contributed by atoms with Crippen LogP contribution in [0.2, 0.25) is 0 Å². The van der Waals surface area contributed by atoms with Gasteiger partial charge in [0.05, 0.1) is 18.4 Å². The highest BCUT2D eigenvalue weighted by Gasteiger charge is 2.21. The molecule has 2 N–H and O–H groups in total. The number of carbonyl (C=O) groups is 1. The fraction of sp³-hybridized carbons (Fsp3) is 0.179. The van der Waals surface area contributed by atoms with Crippen molar-refractivity contribution in [1.82, 2.24) is 20.4 Å². The second-order valence-electron chi connectivity index (χ2n) is 8.40. The number of pyridine rings is 1. The zero-order valence-corrected chi connectivity index (χ0v) is 20.8. The molecule has 0 radical (unpaired) electrons. The van der Waals surface area contributed by atoms with Gasteiger partial charge in [-0.15, -0.1) is 0 Å². The smallest absolute Gasteiger partial charge is 0.254 e. The number of aromatic nitrogens is 3. The Labute approximate surface area is 213 Å². The number of nitrogens with one attached hydrogen (secondary N) is 2. The molecule has 5 aromatic rings. The lowest BCUT2D eigenvalue weighted by Crippen LogP contribution is -2.29. The number of hydrogen-bond donors (Lipinski definition) is 2. The summed E-state index contributed by atoms with van der Waals surface area (Å²) in [6.45, 7) is 2.28. The number of aromatic amines is 1. The standard InChI is InChI=1S/C28H26N4O3S/c1-18-14-20(32-35-18)17-36-28-23(7-5-13-29-28)27(33)31-15-24(19-9-11-21(34-2)12-10-19)25-16-30-26-8-4-3-6-22(25)26/h3-14,16,24,30H,15,17H2,1-2H3,(H,31,33). The topological polar surface area (TPSA) is 93.0 Å². The molecule has 1 unspecified atom stereocenters. The van der Waals surface area contributed by atoms with E-state index in [1.165, 1.54) is 11.8 Å². The number of ether oxygens (including phenoxy) is 1. The van der Waals surface area contributed by atoms with Crippen LogP contribution in [0.25, 0.3) is 10.9 Å². The molecular weight excluding hydrogens is 472 g/mol. The zero-order valence-electron chi connectivity index (χ0n) is 20.0. The number of amides is 1. The van der Waals surface area contributed by atoms with Gasteiger partial charge in [-0.2, -0.15) is 0 Å². The third-order valence-corrected chi connectivity index (χ3v) is 7.07. The van der Waals surface area contributed by atoms with Gasteiger partial charge in [0.15, 0.2) is 0 Å². The molecule has 5 rings (SSSR count). The lowest BCUT2D eigenvalue weighted by molar-refractivity contribution is 0.0949. The summed E-state index contributed by atoms with van der Waals surface area (Å²) in [6, 6.07) is 21.6. The van der Waals surface area contributed by atoms with Crippen molar-refractivity contribution in [3.8, 4) is 5.75 Å². The highest BCUT2D eigenvalue weighted by Crippen LogP contribution is 2.32. The number of para-hydroxylation sites is 1. The first kappa shape index (κ1) is 23.7. The Kier molecular flexibility index (Phi) is 7.04. The summed E-state index contributed by atoms with van der Waals surface area (Å²) in [5.41, 5.74) is 4.62. The summed E-state index contributed by atoms with van der Waals surface area (Å²) in [4.78, 5) is 21.1. The van der Waals surface area contributed by atoms with E-state index >= 15 is 0 Å². The first-order valence-electron chi connectivity index (χ1n) is 11.6. The van der Waals surface area contributed by atoms with Gasteiger partial charge in [-0.25, -0.2) is 4.98 Å². The Hall–Kier alpha value is -4.04. The predicted octanol–water partition coefficient (Wildman–Crippen LogP) is 5.72. The monoisotopic (exact) mass is 498 g/mol. The molecule has 3 heterocycles. The van der Waals surface area contributed by atoms with Gasteiger partial charge in [0.2, 0.25) is 0 Å². The number of H-pyrrole nitrogens is 1. The fourth-order valence-electron chi connectivity index (χ4n) is 4.22. The van der Waals surface area contributed by atoms with E-state index in [4.69, 9.17) is 9.26 Å². The molecular formula is C28H26N4O3S. The summed E-state index contributed by atoms with van der Waals surface area (Å²) < 4.78 is 10.5. The van der Waals surface area contributed by atoms with Gasteiger partial charge in [-0.1, -0.05) is 47.3 Å². The zero-order chi connectivity index (χ0) is 24.9. The number of aryl methyl sites for hydroxylation is 1. The molecule has 0 saturated carbocycles. The van der Waals surface area contributed by atoms with E-state index in [2.05, 4.69) is 32.6 Å². The van der Waals surface area contributed by atoms with Crippen LogP contribution in [0.1, 0.15) is 38.9 Å².